The van der Waals surface area contributed by atoms with Gasteiger partial charge in [0, 0.05) is 24.5 Å². The van der Waals surface area contributed by atoms with Gasteiger partial charge in [0.15, 0.2) is 0 Å². The standard InChI is InChI=1S/C15H21BrO2/c1-11-14(8-10-18-11)15(16)13-5-3-12(4-6-13)7-9-17-2/h3-6,11,14-15H,7-10H2,1-2H3. The number of halogens is 1. The van der Waals surface area contributed by atoms with Crippen molar-refractivity contribution in [1.29, 1.82) is 0 Å². The van der Waals surface area contributed by atoms with E-state index in [1.54, 1.807) is 7.11 Å². The van der Waals surface area contributed by atoms with Crippen LogP contribution in [-0.2, 0) is 15.9 Å². The Morgan fingerprint density at radius 1 is 1.39 bits per heavy atom. The van der Waals surface area contributed by atoms with Gasteiger partial charge in [0.25, 0.3) is 0 Å². The third-order valence-electron chi connectivity index (χ3n) is 3.70. The van der Waals surface area contributed by atoms with Crippen LogP contribution in [0.15, 0.2) is 24.3 Å². The SMILES string of the molecule is COCCc1ccc(C(Br)C2CCOC2C)cc1. The van der Waals surface area contributed by atoms with Crippen molar-refractivity contribution in [2.24, 2.45) is 5.92 Å². The summed E-state index contributed by atoms with van der Waals surface area (Å²) in [4.78, 5) is 0.395. The van der Waals surface area contributed by atoms with Crippen molar-refractivity contribution < 1.29 is 9.47 Å². The van der Waals surface area contributed by atoms with Gasteiger partial charge in [-0.05, 0) is 30.9 Å². The third kappa shape index (κ3) is 3.34. The van der Waals surface area contributed by atoms with Gasteiger partial charge in [-0.15, -0.1) is 0 Å². The number of hydrogen-bond acceptors (Lipinski definition) is 2. The van der Waals surface area contributed by atoms with E-state index < -0.39 is 0 Å². The first-order valence-electron chi connectivity index (χ1n) is 6.56. The summed E-state index contributed by atoms with van der Waals surface area (Å²) < 4.78 is 10.7. The molecular weight excluding hydrogens is 292 g/mol. The first-order valence-corrected chi connectivity index (χ1v) is 7.47. The van der Waals surface area contributed by atoms with Crippen molar-refractivity contribution in [1.82, 2.24) is 0 Å². The molecule has 18 heavy (non-hydrogen) atoms. The number of methoxy groups -OCH3 is 1. The molecule has 2 rings (SSSR count). The molecule has 1 fully saturated rings. The molecule has 3 unspecified atom stereocenters. The molecule has 1 aromatic rings. The van der Waals surface area contributed by atoms with E-state index in [4.69, 9.17) is 9.47 Å². The first kappa shape index (κ1) is 14.0. The monoisotopic (exact) mass is 312 g/mol. The minimum absolute atomic E-state index is 0.350. The van der Waals surface area contributed by atoms with E-state index >= 15 is 0 Å². The van der Waals surface area contributed by atoms with E-state index in [-0.39, 0.29) is 0 Å². The van der Waals surface area contributed by atoms with Crippen molar-refractivity contribution in [2.45, 2.75) is 30.7 Å². The highest BCUT2D eigenvalue weighted by Crippen LogP contribution is 2.39. The molecule has 0 amide bonds. The van der Waals surface area contributed by atoms with Crippen LogP contribution >= 0.6 is 15.9 Å². The minimum Gasteiger partial charge on any atom is -0.384 e. The van der Waals surface area contributed by atoms with Gasteiger partial charge in [0.1, 0.15) is 0 Å². The minimum atomic E-state index is 0.350. The summed E-state index contributed by atoms with van der Waals surface area (Å²) in [6.07, 6.45) is 2.47. The Morgan fingerprint density at radius 2 is 2.11 bits per heavy atom. The predicted octanol–water partition coefficient (Wildman–Crippen LogP) is 3.74. The maximum atomic E-state index is 5.64. The fourth-order valence-corrected chi connectivity index (χ4v) is 3.47. The summed E-state index contributed by atoms with van der Waals surface area (Å²) in [5.41, 5.74) is 2.68. The number of benzene rings is 1. The summed E-state index contributed by atoms with van der Waals surface area (Å²) in [7, 11) is 1.74. The van der Waals surface area contributed by atoms with Gasteiger partial charge in [0.05, 0.1) is 12.7 Å². The van der Waals surface area contributed by atoms with Crippen molar-refractivity contribution in [2.75, 3.05) is 20.3 Å². The first-order chi connectivity index (χ1) is 8.72. The fraction of sp³-hybridized carbons (Fsp3) is 0.600. The Kier molecular flexibility index (Phi) is 5.22. The molecule has 100 valence electrons. The highest BCUT2D eigenvalue weighted by atomic mass is 79.9. The lowest BCUT2D eigenvalue weighted by atomic mass is 9.93. The second-order valence-electron chi connectivity index (χ2n) is 4.91. The number of rotatable bonds is 5. The van der Waals surface area contributed by atoms with Crippen LogP contribution in [0, 0.1) is 5.92 Å². The molecule has 0 radical (unpaired) electrons. The summed E-state index contributed by atoms with van der Waals surface area (Å²) in [5, 5.41) is 0. The Morgan fingerprint density at radius 3 is 2.67 bits per heavy atom. The summed E-state index contributed by atoms with van der Waals surface area (Å²) in [6, 6.07) is 8.83. The molecule has 1 saturated heterocycles. The van der Waals surface area contributed by atoms with Crippen molar-refractivity contribution in [3.63, 3.8) is 0 Å². The lowest BCUT2D eigenvalue weighted by molar-refractivity contribution is 0.105. The lowest BCUT2D eigenvalue weighted by Gasteiger charge is -2.21. The van der Waals surface area contributed by atoms with Gasteiger partial charge >= 0.3 is 0 Å². The van der Waals surface area contributed by atoms with Crippen LogP contribution in [0.4, 0.5) is 0 Å². The molecule has 3 heteroatoms. The molecule has 0 aliphatic carbocycles. The predicted molar refractivity (Wildman–Crippen MR) is 77.2 cm³/mol. The molecule has 3 atom stereocenters. The molecule has 0 N–H and O–H groups in total. The Labute approximate surface area is 118 Å². The molecule has 0 aromatic heterocycles. The maximum Gasteiger partial charge on any atom is 0.0589 e. The second kappa shape index (κ2) is 6.69. The number of hydrogen-bond donors (Lipinski definition) is 0. The van der Waals surface area contributed by atoms with Crippen LogP contribution in [0.2, 0.25) is 0 Å². The normalized spacial score (nSPS) is 25.3. The van der Waals surface area contributed by atoms with E-state index in [2.05, 4.69) is 47.1 Å². The van der Waals surface area contributed by atoms with E-state index in [0.29, 0.717) is 16.8 Å². The van der Waals surface area contributed by atoms with Crippen molar-refractivity contribution >= 4 is 15.9 Å². The van der Waals surface area contributed by atoms with Gasteiger partial charge in [0.2, 0.25) is 0 Å². The largest absolute Gasteiger partial charge is 0.384 e. The molecule has 0 spiro atoms. The van der Waals surface area contributed by atoms with E-state index in [1.165, 1.54) is 11.1 Å². The zero-order valence-corrected chi connectivity index (χ0v) is 12.7. The van der Waals surface area contributed by atoms with Gasteiger partial charge in [-0.3, -0.25) is 0 Å². The Balaban J connectivity index is 2.00. The fourth-order valence-electron chi connectivity index (χ4n) is 2.47. The third-order valence-corrected chi connectivity index (χ3v) is 4.91. The Hall–Kier alpha value is -0.380. The summed E-state index contributed by atoms with van der Waals surface area (Å²) >= 11 is 3.83. The van der Waals surface area contributed by atoms with E-state index in [1.807, 2.05) is 0 Å². The van der Waals surface area contributed by atoms with Gasteiger partial charge in [-0.25, -0.2) is 0 Å². The maximum absolute atomic E-state index is 5.64. The van der Waals surface area contributed by atoms with Crippen LogP contribution in [0.3, 0.4) is 0 Å². The zero-order chi connectivity index (χ0) is 13.0. The molecule has 1 heterocycles. The molecular formula is C15H21BrO2. The number of ether oxygens (including phenoxy) is 2. The van der Waals surface area contributed by atoms with Crippen LogP contribution in [0.5, 0.6) is 0 Å². The van der Waals surface area contributed by atoms with Gasteiger partial charge in [-0.1, -0.05) is 40.2 Å². The second-order valence-corrected chi connectivity index (χ2v) is 5.90. The van der Waals surface area contributed by atoms with Crippen LogP contribution in [0.1, 0.15) is 29.3 Å². The Bertz CT molecular complexity index is 363. The molecule has 2 nitrogen and oxygen atoms in total. The highest BCUT2D eigenvalue weighted by molar-refractivity contribution is 9.09. The van der Waals surface area contributed by atoms with E-state index in [0.717, 1.165) is 26.1 Å². The lowest BCUT2D eigenvalue weighted by Crippen LogP contribution is -2.16. The quantitative estimate of drug-likeness (QED) is 0.771. The number of alkyl halides is 1. The average molecular weight is 313 g/mol. The summed E-state index contributed by atoms with van der Waals surface area (Å²) in [5.74, 6) is 0.579. The van der Waals surface area contributed by atoms with Gasteiger partial charge in [-0.2, -0.15) is 0 Å². The highest BCUT2D eigenvalue weighted by Gasteiger charge is 2.31. The van der Waals surface area contributed by atoms with Crippen LogP contribution in [0.25, 0.3) is 0 Å². The van der Waals surface area contributed by atoms with Crippen molar-refractivity contribution in [3.8, 4) is 0 Å². The molecule has 0 saturated carbocycles. The molecule has 0 bridgehead atoms. The smallest absolute Gasteiger partial charge is 0.0589 e. The zero-order valence-electron chi connectivity index (χ0n) is 11.1. The summed E-state index contributed by atoms with van der Waals surface area (Å²) in [6.45, 7) is 3.84. The van der Waals surface area contributed by atoms with E-state index in [9.17, 15) is 0 Å². The molecule has 1 aromatic carbocycles. The topological polar surface area (TPSA) is 18.5 Å². The van der Waals surface area contributed by atoms with Gasteiger partial charge < -0.3 is 9.47 Å². The van der Waals surface area contributed by atoms with Crippen LogP contribution < -0.4 is 0 Å². The molecule has 1 aliphatic heterocycles. The van der Waals surface area contributed by atoms with Crippen molar-refractivity contribution in [3.05, 3.63) is 35.4 Å². The molecule has 1 aliphatic rings. The average Bonchev–Trinajstić information content (AvgIpc) is 2.82. The van der Waals surface area contributed by atoms with Crippen LogP contribution in [-0.4, -0.2) is 26.4 Å².